The molecule has 1 spiro atoms. The number of carbonyl (C=O) groups is 2. The second-order valence-corrected chi connectivity index (χ2v) is 8.72. The highest BCUT2D eigenvalue weighted by molar-refractivity contribution is 7.88. The van der Waals surface area contributed by atoms with E-state index < -0.39 is 15.7 Å². The van der Waals surface area contributed by atoms with Crippen LogP contribution in [-0.4, -0.2) is 44.6 Å². The molecule has 1 atom stereocenters. The van der Waals surface area contributed by atoms with E-state index >= 15 is 0 Å². The van der Waals surface area contributed by atoms with Gasteiger partial charge in [-0.1, -0.05) is 32.0 Å². The predicted octanol–water partition coefficient (Wildman–Crippen LogP) is 2.15. The zero-order valence-electron chi connectivity index (χ0n) is 14.2. The van der Waals surface area contributed by atoms with Crippen molar-refractivity contribution in [3.05, 3.63) is 30.3 Å². The van der Waals surface area contributed by atoms with Crippen molar-refractivity contribution in [1.29, 1.82) is 0 Å². The SMILES string of the molecule is CC(C)CC(=O)N1CCC2(CC1)N(c1ccccc1)C(=O)CS2=O. The van der Waals surface area contributed by atoms with E-state index in [9.17, 15) is 13.8 Å². The Balaban J connectivity index is 1.81. The molecule has 2 amide bonds. The van der Waals surface area contributed by atoms with Crippen LogP contribution >= 0.6 is 0 Å². The van der Waals surface area contributed by atoms with Gasteiger partial charge in [-0.2, -0.15) is 0 Å². The first-order chi connectivity index (χ1) is 11.4. The standard InChI is InChI=1S/C18H24N2O3S/c1-14(2)12-16(21)19-10-8-18(9-11-19)20(17(22)13-24(18)23)15-6-4-3-5-7-15/h3-7,14H,8-13H2,1-2H3. The fourth-order valence-corrected chi connectivity index (χ4v) is 5.30. The van der Waals surface area contributed by atoms with Crippen molar-refractivity contribution >= 4 is 28.3 Å². The van der Waals surface area contributed by atoms with Gasteiger partial charge in [0.05, 0.1) is 10.8 Å². The van der Waals surface area contributed by atoms with Crippen molar-refractivity contribution in [3.63, 3.8) is 0 Å². The van der Waals surface area contributed by atoms with Gasteiger partial charge < -0.3 is 4.90 Å². The summed E-state index contributed by atoms with van der Waals surface area (Å²) in [5.74, 6) is 0.480. The summed E-state index contributed by atoms with van der Waals surface area (Å²) in [5.41, 5.74) is 0.801. The molecule has 2 saturated heterocycles. The number of likely N-dealkylation sites (tertiary alicyclic amines) is 1. The van der Waals surface area contributed by atoms with Crippen LogP contribution in [0.3, 0.4) is 0 Å². The molecule has 1 unspecified atom stereocenters. The maximum atomic E-state index is 12.7. The quantitative estimate of drug-likeness (QED) is 0.841. The van der Waals surface area contributed by atoms with E-state index in [0.29, 0.717) is 38.3 Å². The van der Waals surface area contributed by atoms with Crippen LogP contribution in [0.4, 0.5) is 5.69 Å². The number of rotatable bonds is 3. The average Bonchev–Trinajstić information content (AvgIpc) is 2.78. The molecule has 130 valence electrons. The first kappa shape index (κ1) is 17.1. The van der Waals surface area contributed by atoms with Crippen LogP contribution in [0.25, 0.3) is 0 Å². The Bertz CT molecular complexity index is 651. The minimum Gasteiger partial charge on any atom is -0.342 e. The molecule has 2 fully saturated rings. The molecule has 0 radical (unpaired) electrons. The molecular weight excluding hydrogens is 324 g/mol. The van der Waals surface area contributed by atoms with Crippen LogP contribution in [0.1, 0.15) is 33.1 Å². The van der Waals surface area contributed by atoms with Crippen LogP contribution in [0, 0.1) is 5.92 Å². The Kier molecular flexibility index (Phi) is 4.76. The minimum absolute atomic E-state index is 0.0782. The molecule has 0 N–H and O–H groups in total. The lowest BCUT2D eigenvalue weighted by atomic mass is 10.00. The molecule has 0 bridgehead atoms. The van der Waals surface area contributed by atoms with E-state index in [1.54, 1.807) is 4.90 Å². The molecule has 24 heavy (non-hydrogen) atoms. The third-order valence-corrected chi connectivity index (χ3v) is 6.78. The first-order valence-electron chi connectivity index (χ1n) is 8.48. The number of hydrogen-bond donors (Lipinski definition) is 0. The molecule has 0 aromatic heterocycles. The molecule has 5 nitrogen and oxygen atoms in total. The normalized spacial score (nSPS) is 23.3. The van der Waals surface area contributed by atoms with Crippen LogP contribution in [0.5, 0.6) is 0 Å². The molecule has 2 heterocycles. The van der Waals surface area contributed by atoms with E-state index in [-0.39, 0.29) is 17.6 Å². The van der Waals surface area contributed by atoms with Gasteiger partial charge in [-0.15, -0.1) is 0 Å². The van der Waals surface area contributed by atoms with Gasteiger partial charge in [0.2, 0.25) is 11.8 Å². The highest BCUT2D eigenvalue weighted by atomic mass is 32.2. The van der Waals surface area contributed by atoms with E-state index in [1.165, 1.54) is 0 Å². The summed E-state index contributed by atoms with van der Waals surface area (Å²) in [6, 6.07) is 9.45. The van der Waals surface area contributed by atoms with Crippen molar-refractivity contribution in [2.45, 2.75) is 38.0 Å². The van der Waals surface area contributed by atoms with E-state index in [2.05, 4.69) is 0 Å². The second-order valence-electron chi connectivity index (χ2n) is 6.98. The van der Waals surface area contributed by atoms with Gasteiger partial charge in [0, 0.05) is 38.0 Å². The van der Waals surface area contributed by atoms with Gasteiger partial charge in [0.25, 0.3) is 0 Å². The minimum atomic E-state index is -1.23. The smallest absolute Gasteiger partial charge is 0.240 e. The maximum absolute atomic E-state index is 12.7. The molecular formula is C18H24N2O3S. The number of benzene rings is 1. The molecule has 1 aromatic carbocycles. The topological polar surface area (TPSA) is 57.7 Å². The van der Waals surface area contributed by atoms with Crippen molar-refractivity contribution in [2.24, 2.45) is 5.92 Å². The molecule has 0 aliphatic carbocycles. The molecule has 0 saturated carbocycles. The zero-order chi connectivity index (χ0) is 17.3. The molecule has 6 heteroatoms. The fourth-order valence-electron chi connectivity index (χ4n) is 3.63. The summed E-state index contributed by atoms with van der Waals surface area (Å²) in [6.45, 7) is 5.19. The number of para-hydroxylation sites is 1. The zero-order valence-corrected chi connectivity index (χ0v) is 15.1. The van der Waals surface area contributed by atoms with Gasteiger partial charge >= 0.3 is 0 Å². The fraction of sp³-hybridized carbons (Fsp3) is 0.556. The Morgan fingerprint density at radius 2 is 1.83 bits per heavy atom. The second kappa shape index (κ2) is 6.67. The number of carbonyl (C=O) groups excluding carboxylic acids is 2. The van der Waals surface area contributed by atoms with Gasteiger partial charge in [-0.3, -0.25) is 18.7 Å². The van der Waals surface area contributed by atoms with Gasteiger partial charge in [0.15, 0.2) is 0 Å². The van der Waals surface area contributed by atoms with E-state index in [0.717, 1.165) is 5.69 Å². The number of piperidine rings is 1. The Hall–Kier alpha value is -1.69. The lowest BCUT2D eigenvalue weighted by Gasteiger charge is -2.43. The van der Waals surface area contributed by atoms with Crippen LogP contribution < -0.4 is 4.90 Å². The monoisotopic (exact) mass is 348 g/mol. The van der Waals surface area contributed by atoms with Gasteiger partial charge in [-0.25, -0.2) is 0 Å². The van der Waals surface area contributed by atoms with Crippen LogP contribution in [0.2, 0.25) is 0 Å². The lowest BCUT2D eigenvalue weighted by Crippen LogP contribution is -2.56. The molecule has 2 aliphatic heterocycles. The van der Waals surface area contributed by atoms with Crippen molar-refractivity contribution < 1.29 is 13.8 Å². The maximum Gasteiger partial charge on any atom is 0.240 e. The van der Waals surface area contributed by atoms with E-state index in [1.807, 2.05) is 49.1 Å². The number of nitrogens with zero attached hydrogens (tertiary/aromatic N) is 2. The Labute approximate surface area is 145 Å². The summed E-state index contributed by atoms with van der Waals surface area (Å²) >= 11 is 0. The highest BCUT2D eigenvalue weighted by Crippen LogP contribution is 2.40. The lowest BCUT2D eigenvalue weighted by molar-refractivity contribution is -0.133. The van der Waals surface area contributed by atoms with Crippen molar-refractivity contribution in [1.82, 2.24) is 4.90 Å². The predicted molar refractivity (Wildman–Crippen MR) is 94.9 cm³/mol. The largest absolute Gasteiger partial charge is 0.342 e. The summed E-state index contributed by atoms with van der Waals surface area (Å²) < 4.78 is 12.7. The first-order valence-corrected chi connectivity index (χ1v) is 9.80. The third-order valence-electron chi connectivity index (χ3n) is 4.83. The van der Waals surface area contributed by atoms with Gasteiger partial charge in [-0.05, 0) is 18.1 Å². The highest BCUT2D eigenvalue weighted by Gasteiger charge is 2.53. The molecule has 3 rings (SSSR count). The van der Waals surface area contributed by atoms with Crippen molar-refractivity contribution in [3.8, 4) is 0 Å². The average molecular weight is 348 g/mol. The Morgan fingerprint density at radius 3 is 2.42 bits per heavy atom. The summed E-state index contributed by atoms with van der Waals surface area (Å²) in [4.78, 5) is 27.7. The molecule has 2 aliphatic rings. The Morgan fingerprint density at radius 1 is 1.21 bits per heavy atom. The molecule has 1 aromatic rings. The number of hydrogen-bond acceptors (Lipinski definition) is 3. The summed E-state index contributed by atoms with van der Waals surface area (Å²) in [6.07, 6.45) is 1.69. The third kappa shape index (κ3) is 2.99. The van der Waals surface area contributed by atoms with Gasteiger partial charge in [0.1, 0.15) is 10.6 Å². The number of amides is 2. The van der Waals surface area contributed by atoms with Crippen LogP contribution in [-0.2, 0) is 20.4 Å². The van der Waals surface area contributed by atoms with E-state index in [4.69, 9.17) is 0 Å². The van der Waals surface area contributed by atoms with Crippen molar-refractivity contribution in [2.75, 3.05) is 23.7 Å². The number of anilines is 1. The summed E-state index contributed by atoms with van der Waals surface area (Å²) in [5, 5.41) is 0. The summed E-state index contributed by atoms with van der Waals surface area (Å²) in [7, 11) is -1.23. The van der Waals surface area contributed by atoms with Crippen LogP contribution in [0.15, 0.2) is 30.3 Å².